The van der Waals surface area contributed by atoms with E-state index in [0.29, 0.717) is 0 Å². The van der Waals surface area contributed by atoms with Gasteiger partial charge in [0.25, 0.3) is 0 Å². The molecule has 0 aromatic heterocycles. The summed E-state index contributed by atoms with van der Waals surface area (Å²) >= 11 is 0. The third-order valence-electron chi connectivity index (χ3n) is 6.43. The van der Waals surface area contributed by atoms with Crippen molar-refractivity contribution < 1.29 is 19.5 Å². The molecule has 2 amide bonds. The molecule has 0 aliphatic heterocycles. The summed E-state index contributed by atoms with van der Waals surface area (Å²) in [5.74, 6) is -1.56. The smallest absolute Gasteiger partial charge is 0.331 e. The predicted molar refractivity (Wildman–Crippen MR) is 136 cm³/mol. The van der Waals surface area contributed by atoms with Crippen molar-refractivity contribution in [1.29, 1.82) is 0 Å². The number of amides is 2. The third kappa shape index (κ3) is 7.16. The average Bonchev–Trinajstić information content (AvgIpc) is 2.74. The lowest BCUT2D eigenvalue weighted by atomic mass is 9.76. The Balaban J connectivity index is 3.29. The number of hydrogen-bond donors (Lipinski definition) is 3. The Bertz CT molecular complexity index is 885. The molecule has 3 atom stereocenters. The molecule has 7 nitrogen and oxygen atoms in total. The zero-order valence-corrected chi connectivity index (χ0v) is 22.4. The van der Waals surface area contributed by atoms with E-state index in [1.165, 1.54) is 6.92 Å². The lowest BCUT2D eigenvalue weighted by Gasteiger charge is -2.39. The summed E-state index contributed by atoms with van der Waals surface area (Å²) in [6.07, 6.45) is 1.60. The molecule has 0 radical (unpaired) electrons. The maximum Gasteiger partial charge on any atom is 0.331 e. The van der Waals surface area contributed by atoms with E-state index in [-0.39, 0.29) is 23.3 Å². The minimum atomic E-state index is -1.02. The maximum absolute atomic E-state index is 13.7. The van der Waals surface area contributed by atoms with E-state index in [4.69, 9.17) is 0 Å². The first kappa shape index (κ1) is 29.4. The van der Waals surface area contributed by atoms with E-state index in [1.54, 1.807) is 25.1 Å². The summed E-state index contributed by atoms with van der Waals surface area (Å²) in [4.78, 5) is 40.1. The number of rotatable bonds is 10. The minimum Gasteiger partial charge on any atom is -0.478 e. The van der Waals surface area contributed by atoms with Crippen LogP contribution in [0.25, 0.3) is 0 Å². The molecule has 3 N–H and O–H groups in total. The fraction of sp³-hybridized carbons (Fsp3) is 0.593. The number of carboxylic acids is 1. The van der Waals surface area contributed by atoms with Crippen LogP contribution in [0.5, 0.6) is 0 Å². The number of benzene rings is 1. The summed E-state index contributed by atoms with van der Waals surface area (Å²) in [7, 11) is 3.40. The van der Waals surface area contributed by atoms with E-state index < -0.39 is 34.9 Å². The van der Waals surface area contributed by atoms with E-state index >= 15 is 0 Å². The van der Waals surface area contributed by atoms with Gasteiger partial charge < -0.3 is 20.6 Å². The molecule has 0 aliphatic rings. The van der Waals surface area contributed by atoms with Gasteiger partial charge in [0.1, 0.15) is 6.04 Å². The molecule has 0 aliphatic carbocycles. The molecular weight excluding hydrogens is 430 g/mol. The van der Waals surface area contributed by atoms with Crippen LogP contribution < -0.4 is 10.6 Å². The molecule has 0 fully saturated rings. The third-order valence-corrected chi connectivity index (χ3v) is 6.43. The molecule has 0 saturated carbocycles. The van der Waals surface area contributed by atoms with Crippen LogP contribution in [0, 0.1) is 11.3 Å². The van der Waals surface area contributed by atoms with E-state index in [0.717, 1.165) is 5.56 Å². The second-order valence-corrected chi connectivity index (χ2v) is 11.0. The largest absolute Gasteiger partial charge is 0.478 e. The summed E-state index contributed by atoms with van der Waals surface area (Å²) in [5.41, 5.74) is 0.0895. The Morgan fingerprint density at radius 3 is 1.94 bits per heavy atom. The Kier molecular flexibility index (Phi) is 10.1. The van der Waals surface area contributed by atoms with Crippen LogP contribution in [0.15, 0.2) is 42.0 Å². The average molecular weight is 474 g/mol. The van der Waals surface area contributed by atoms with Gasteiger partial charge in [0.2, 0.25) is 11.8 Å². The van der Waals surface area contributed by atoms with E-state index in [2.05, 4.69) is 10.6 Å². The van der Waals surface area contributed by atoms with E-state index in [9.17, 15) is 19.5 Å². The molecule has 0 heterocycles. The topological polar surface area (TPSA) is 98.7 Å². The first-order valence-corrected chi connectivity index (χ1v) is 11.8. The highest BCUT2D eigenvalue weighted by Gasteiger charge is 2.41. The SMILES string of the molecule is CN[C@H](C(=O)N[C@H](C(=O)N(C)[C@H](/C=C(/C)C(=O)O)C(C)C)C(C)(C)C)C(C)(C)c1ccccc1. The second kappa shape index (κ2) is 11.6. The van der Waals surface area contributed by atoms with Gasteiger partial charge >= 0.3 is 5.97 Å². The van der Waals surface area contributed by atoms with E-state index in [1.807, 2.05) is 78.8 Å². The predicted octanol–water partition coefficient (Wildman–Crippen LogP) is 3.60. The van der Waals surface area contributed by atoms with Crippen LogP contribution in [-0.2, 0) is 19.8 Å². The highest BCUT2D eigenvalue weighted by Crippen LogP contribution is 2.29. The van der Waals surface area contributed by atoms with Gasteiger partial charge in [-0.25, -0.2) is 4.79 Å². The van der Waals surface area contributed by atoms with Gasteiger partial charge in [-0.3, -0.25) is 9.59 Å². The molecule has 1 aromatic rings. The van der Waals surface area contributed by atoms with Gasteiger partial charge in [0, 0.05) is 18.0 Å². The van der Waals surface area contributed by atoms with Crippen LogP contribution in [0.2, 0.25) is 0 Å². The molecular formula is C27H43N3O4. The molecule has 34 heavy (non-hydrogen) atoms. The van der Waals surface area contributed by atoms with Crippen molar-refractivity contribution >= 4 is 17.8 Å². The summed E-state index contributed by atoms with van der Waals surface area (Å²) in [6, 6.07) is 7.99. The first-order chi connectivity index (χ1) is 15.5. The minimum absolute atomic E-state index is 0.0124. The van der Waals surface area contributed by atoms with Gasteiger partial charge in [-0.1, -0.05) is 84.9 Å². The zero-order chi connectivity index (χ0) is 26.4. The summed E-state index contributed by atoms with van der Waals surface area (Å²) in [5, 5.41) is 15.5. The van der Waals surface area contributed by atoms with Crippen LogP contribution >= 0.6 is 0 Å². The highest BCUT2D eigenvalue weighted by atomic mass is 16.4. The van der Waals surface area contributed by atoms with Crippen molar-refractivity contribution in [2.24, 2.45) is 11.3 Å². The van der Waals surface area contributed by atoms with Gasteiger partial charge in [-0.15, -0.1) is 0 Å². The van der Waals surface area contributed by atoms with Gasteiger partial charge in [0.05, 0.1) is 12.1 Å². The van der Waals surface area contributed by atoms with Crippen LogP contribution in [-0.4, -0.2) is 60.0 Å². The fourth-order valence-electron chi connectivity index (χ4n) is 4.16. The molecule has 7 heteroatoms. The number of likely N-dealkylation sites (N-methyl/N-ethyl adjacent to an activating group) is 2. The number of nitrogens with zero attached hydrogens (tertiary/aromatic N) is 1. The lowest BCUT2D eigenvalue weighted by molar-refractivity contribution is -0.141. The van der Waals surface area contributed by atoms with Crippen LogP contribution in [0.3, 0.4) is 0 Å². The lowest BCUT2D eigenvalue weighted by Crippen LogP contribution is -2.61. The number of carbonyl (C=O) groups excluding carboxylic acids is 2. The number of aliphatic carboxylic acids is 1. The molecule has 0 saturated heterocycles. The number of carbonyl (C=O) groups is 3. The molecule has 1 rings (SSSR count). The molecule has 0 bridgehead atoms. The van der Waals surface area contributed by atoms with Crippen molar-refractivity contribution in [1.82, 2.24) is 15.5 Å². The zero-order valence-electron chi connectivity index (χ0n) is 22.4. The summed E-state index contributed by atoms with van der Waals surface area (Å²) < 4.78 is 0. The van der Waals surface area contributed by atoms with Crippen molar-refractivity contribution in [3.63, 3.8) is 0 Å². The highest BCUT2D eigenvalue weighted by molar-refractivity contribution is 5.91. The van der Waals surface area contributed by atoms with Crippen LogP contribution in [0.1, 0.15) is 61.0 Å². The maximum atomic E-state index is 13.7. The fourth-order valence-corrected chi connectivity index (χ4v) is 4.16. The Hall–Kier alpha value is -2.67. The Morgan fingerprint density at radius 2 is 1.53 bits per heavy atom. The molecule has 0 spiro atoms. The monoisotopic (exact) mass is 473 g/mol. The Labute approximate surface area is 205 Å². The number of hydrogen-bond acceptors (Lipinski definition) is 4. The Morgan fingerprint density at radius 1 is 1.00 bits per heavy atom. The van der Waals surface area contributed by atoms with Gasteiger partial charge in [-0.05, 0) is 30.9 Å². The van der Waals surface area contributed by atoms with Crippen molar-refractivity contribution in [3.05, 3.63) is 47.5 Å². The number of nitrogens with one attached hydrogen (secondary N) is 2. The van der Waals surface area contributed by atoms with Gasteiger partial charge in [0.15, 0.2) is 0 Å². The normalized spacial score (nSPS) is 15.4. The quantitative estimate of drug-likeness (QED) is 0.451. The van der Waals surface area contributed by atoms with Crippen molar-refractivity contribution in [3.8, 4) is 0 Å². The molecule has 0 unspecified atom stereocenters. The van der Waals surface area contributed by atoms with Crippen molar-refractivity contribution in [2.45, 2.75) is 78.9 Å². The van der Waals surface area contributed by atoms with Crippen molar-refractivity contribution in [2.75, 3.05) is 14.1 Å². The number of carboxylic acid groups (broad SMARTS) is 1. The van der Waals surface area contributed by atoms with Crippen LogP contribution in [0.4, 0.5) is 0 Å². The molecule has 1 aromatic carbocycles. The van der Waals surface area contributed by atoms with Gasteiger partial charge in [-0.2, -0.15) is 0 Å². The standard InChI is InChI=1S/C27H43N3O4/c1-17(2)20(16-18(3)25(33)34)30(10)24(32)22(26(4,5)6)29-23(31)21(28-9)27(7,8)19-14-12-11-13-15-19/h11-17,20-22,28H,1-10H3,(H,29,31)(H,33,34)/b18-16-/t20-,21-,22-/m1/s1. The molecule has 190 valence electrons. The second-order valence-electron chi connectivity index (χ2n) is 11.0. The first-order valence-electron chi connectivity index (χ1n) is 11.8. The summed E-state index contributed by atoms with van der Waals surface area (Å²) in [6.45, 7) is 15.1.